The van der Waals surface area contributed by atoms with Crippen LogP contribution in [-0.4, -0.2) is 101 Å². The molecule has 3 fully saturated rings. The number of halogens is 3. The number of alkyl halides is 3. The number of aromatic nitrogens is 6. The Balaban J connectivity index is 0.733. The van der Waals surface area contributed by atoms with Gasteiger partial charge in [0.25, 0.3) is 5.91 Å². The highest BCUT2D eigenvalue weighted by Gasteiger charge is 2.40. The third-order valence-corrected chi connectivity index (χ3v) is 12.4. The van der Waals surface area contributed by atoms with Crippen molar-refractivity contribution < 1.29 is 41.7 Å². The summed E-state index contributed by atoms with van der Waals surface area (Å²) in [6.07, 6.45) is 6.22. The van der Waals surface area contributed by atoms with Crippen LogP contribution in [0.15, 0.2) is 53.4 Å². The molecule has 1 saturated carbocycles. The number of amides is 6. The van der Waals surface area contributed by atoms with Crippen molar-refractivity contribution in [2.45, 2.75) is 95.3 Å². The zero-order chi connectivity index (χ0) is 44.5. The summed E-state index contributed by atoms with van der Waals surface area (Å²) in [4.78, 5) is 81.3. The molecule has 0 radical (unpaired) electrons. The highest BCUT2D eigenvalue weighted by Crippen LogP contribution is 2.39. The van der Waals surface area contributed by atoms with Gasteiger partial charge in [-0.1, -0.05) is 24.4 Å². The molecule has 1 unspecified atom stereocenters. The largest absolute Gasteiger partial charge is 0.418 e. The number of carbonyl (C=O) groups is 5. The van der Waals surface area contributed by atoms with E-state index in [-0.39, 0.29) is 54.0 Å². The van der Waals surface area contributed by atoms with Crippen LogP contribution in [0.1, 0.15) is 103 Å². The predicted molar refractivity (Wildman–Crippen MR) is 223 cm³/mol. The van der Waals surface area contributed by atoms with E-state index in [1.165, 1.54) is 11.1 Å². The average molecular weight is 883 g/mol. The lowest BCUT2D eigenvalue weighted by molar-refractivity contribution is -0.138. The number of benzene rings is 1. The van der Waals surface area contributed by atoms with Crippen molar-refractivity contribution in [2.75, 3.05) is 41.7 Å². The monoisotopic (exact) mass is 882 g/mol. The van der Waals surface area contributed by atoms with E-state index in [9.17, 15) is 37.1 Å². The maximum Gasteiger partial charge on any atom is 0.418 e. The molecule has 3 N–H and O–H groups in total. The number of piperazine rings is 1. The topological polar surface area (TPSA) is 213 Å². The van der Waals surface area contributed by atoms with Crippen molar-refractivity contribution in [2.24, 2.45) is 0 Å². The van der Waals surface area contributed by atoms with E-state index < -0.39 is 35.4 Å². The van der Waals surface area contributed by atoms with Gasteiger partial charge in [0, 0.05) is 75.2 Å². The predicted octanol–water partition coefficient (Wildman–Crippen LogP) is 5.71. The van der Waals surface area contributed by atoms with Crippen LogP contribution in [0, 0.1) is 0 Å². The van der Waals surface area contributed by atoms with Gasteiger partial charge in [0.05, 0.1) is 41.2 Å². The van der Waals surface area contributed by atoms with Crippen molar-refractivity contribution in [3.05, 3.63) is 77.2 Å². The zero-order valence-corrected chi connectivity index (χ0v) is 34.7. The number of piperidine rings is 1. The molecule has 21 heteroatoms. The summed E-state index contributed by atoms with van der Waals surface area (Å²) in [7, 11) is 0. The minimum absolute atomic E-state index is 0.0295. The Morgan fingerprint density at radius 3 is 2.52 bits per heavy atom. The van der Waals surface area contributed by atoms with Crippen molar-refractivity contribution in [1.29, 1.82) is 0 Å². The molecule has 7 heterocycles. The number of anilines is 3. The fourth-order valence-corrected chi connectivity index (χ4v) is 9.10. The van der Waals surface area contributed by atoms with Gasteiger partial charge in [0.1, 0.15) is 11.7 Å². The normalized spacial score (nSPS) is 18.2. The van der Waals surface area contributed by atoms with Crippen LogP contribution < -0.4 is 20.9 Å². The Labute approximate surface area is 364 Å². The SMILES string of the molecule is O=C1CCC(N2Cc3cc(N4CCN(C(=O)CCCCCc5nc(-c6ncc(NC(=O)Nc7cnc8ccnn8c7C7CCCC7)cc6C(F)(F)F)no5)CC4)ccc3C2=O)C(=O)N1. The summed E-state index contributed by atoms with van der Waals surface area (Å²) in [6, 6.07) is 6.70. The maximum absolute atomic E-state index is 14.3. The quantitative estimate of drug-likeness (QED) is 0.102. The summed E-state index contributed by atoms with van der Waals surface area (Å²) in [5.41, 5.74) is 2.25. The molecule has 1 aromatic carbocycles. The van der Waals surface area contributed by atoms with Gasteiger partial charge in [-0.05, 0) is 61.9 Å². The number of fused-ring (bicyclic) bond motifs is 2. The molecule has 1 atom stereocenters. The van der Waals surface area contributed by atoms with Gasteiger partial charge in [-0.15, -0.1) is 0 Å². The van der Waals surface area contributed by atoms with Crippen LogP contribution in [-0.2, 0) is 33.5 Å². The molecule has 18 nitrogen and oxygen atoms in total. The van der Waals surface area contributed by atoms with Gasteiger partial charge in [-0.3, -0.25) is 24.5 Å². The van der Waals surface area contributed by atoms with Crippen molar-refractivity contribution in [3.63, 3.8) is 0 Å². The Morgan fingerprint density at radius 2 is 1.73 bits per heavy atom. The van der Waals surface area contributed by atoms with Crippen LogP contribution in [0.3, 0.4) is 0 Å². The number of aryl methyl sites for hydroxylation is 1. The van der Waals surface area contributed by atoms with Crippen LogP contribution >= 0.6 is 0 Å². The van der Waals surface area contributed by atoms with E-state index in [0.717, 1.165) is 54.9 Å². The van der Waals surface area contributed by atoms with Crippen LogP contribution in [0.4, 0.5) is 35.0 Å². The molecule has 0 spiro atoms. The molecular formula is C43H45F3N12O6. The van der Waals surface area contributed by atoms with E-state index in [1.807, 2.05) is 17.0 Å². The summed E-state index contributed by atoms with van der Waals surface area (Å²) < 4.78 is 50.0. The molecule has 3 aliphatic heterocycles. The minimum Gasteiger partial charge on any atom is -0.368 e. The van der Waals surface area contributed by atoms with Crippen molar-refractivity contribution in [3.8, 4) is 11.5 Å². The van der Waals surface area contributed by atoms with Gasteiger partial charge in [0.15, 0.2) is 5.65 Å². The first kappa shape index (κ1) is 42.4. The number of nitrogens with one attached hydrogen (secondary N) is 3. The first-order valence-electron chi connectivity index (χ1n) is 21.5. The summed E-state index contributed by atoms with van der Waals surface area (Å²) >= 11 is 0. The molecule has 4 aliphatic rings. The minimum atomic E-state index is -4.85. The average Bonchev–Trinajstić information content (AvgIpc) is 4.12. The Kier molecular flexibility index (Phi) is 11.7. The highest BCUT2D eigenvalue weighted by molar-refractivity contribution is 6.05. The molecular weight excluding hydrogens is 838 g/mol. The number of hydrogen-bond donors (Lipinski definition) is 3. The van der Waals surface area contributed by atoms with Gasteiger partial charge >= 0.3 is 12.2 Å². The highest BCUT2D eigenvalue weighted by atomic mass is 19.4. The molecule has 0 bridgehead atoms. The maximum atomic E-state index is 14.3. The van der Waals surface area contributed by atoms with Gasteiger partial charge < -0.3 is 29.9 Å². The van der Waals surface area contributed by atoms with Gasteiger partial charge in [-0.25, -0.2) is 19.3 Å². The fraction of sp³-hybridized carbons (Fsp3) is 0.442. The second kappa shape index (κ2) is 17.7. The van der Waals surface area contributed by atoms with E-state index >= 15 is 0 Å². The number of pyridine rings is 1. The molecule has 5 aromatic rings. The lowest BCUT2D eigenvalue weighted by Crippen LogP contribution is -2.52. The summed E-state index contributed by atoms with van der Waals surface area (Å²) in [6.45, 7) is 2.57. The van der Waals surface area contributed by atoms with Crippen LogP contribution in [0.25, 0.3) is 17.2 Å². The number of hydrogen-bond acceptors (Lipinski definition) is 12. The molecule has 9 rings (SSSR count). The first-order chi connectivity index (χ1) is 30.9. The number of nitrogens with zero attached hydrogens (tertiary/aromatic N) is 9. The molecule has 64 heavy (non-hydrogen) atoms. The number of rotatable bonds is 12. The van der Waals surface area contributed by atoms with Crippen molar-refractivity contribution >= 4 is 52.4 Å². The molecule has 6 amide bonds. The van der Waals surface area contributed by atoms with E-state index in [1.54, 1.807) is 22.8 Å². The molecule has 2 saturated heterocycles. The molecule has 1 aliphatic carbocycles. The van der Waals surface area contributed by atoms with Crippen molar-refractivity contribution in [1.82, 2.24) is 44.8 Å². The standard InChI is InChI=1S/C43H45F3N12O6/c44-43(45,46)30-21-27(50-42(63)51-31-23-47-33-14-15-49-58(33)38(31)25-6-4-5-7-25)22-48-37(30)39-53-35(64-54-39)8-2-1-3-9-36(60)56-18-16-55(17-19-56)28-10-11-29-26(20-28)24-57(41(29)62)32-12-13-34(59)52-40(32)61/h10-11,14-15,20-23,25,32H,1-9,12-13,16-19,24H2,(H2,50,51,63)(H,52,59,61). The first-order valence-corrected chi connectivity index (χ1v) is 21.5. The Hall–Kier alpha value is -6.93. The number of urea groups is 1. The zero-order valence-electron chi connectivity index (χ0n) is 34.7. The molecule has 334 valence electrons. The van der Waals surface area contributed by atoms with Crippen LogP contribution in [0.5, 0.6) is 0 Å². The Bertz CT molecular complexity index is 2620. The number of imide groups is 1. The lowest BCUT2D eigenvalue weighted by Gasteiger charge is -2.36. The van der Waals surface area contributed by atoms with Gasteiger partial charge in [-0.2, -0.15) is 23.3 Å². The lowest BCUT2D eigenvalue weighted by atomic mass is 10.0. The van der Waals surface area contributed by atoms with E-state index in [4.69, 9.17) is 4.52 Å². The summed E-state index contributed by atoms with van der Waals surface area (Å²) in [5, 5.41) is 15.6. The molecule has 4 aromatic heterocycles. The smallest absolute Gasteiger partial charge is 0.368 e. The fourth-order valence-electron chi connectivity index (χ4n) is 9.10. The second-order valence-corrected chi connectivity index (χ2v) is 16.5. The van der Waals surface area contributed by atoms with Gasteiger partial charge in [0.2, 0.25) is 29.4 Å². The Morgan fingerprint density at radius 1 is 0.922 bits per heavy atom. The van der Waals surface area contributed by atoms with Crippen LogP contribution in [0.2, 0.25) is 0 Å². The number of unbranched alkanes of at least 4 members (excludes halogenated alkanes) is 2. The van der Waals surface area contributed by atoms with E-state index in [2.05, 4.69) is 46.1 Å². The van der Waals surface area contributed by atoms with E-state index in [0.29, 0.717) is 81.6 Å². The number of carbonyl (C=O) groups excluding carboxylic acids is 5. The third-order valence-electron chi connectivity index (χ3n) is 12.4. The summed E-state index contributed by atoms with van der Waals surface area (Å²) in [5.74, 6) is -1.04. The second-order valence-electron chi connectivity index (χ2n) is 16.5. The third kappa shape index (κ3) is 8.82.